The van der Waals surface area contributed by atoms with Gasteiger partial charge in [-0.1, -0.05) is 35.8 Å². The standard InChI is InChI=1S/C14H19BrFNO2/c1-8(2)13(14(18)19-4)17-9(3)11-6-5-10(16)7-12(11)15/h5-9,13,17H,1-4H3. The first-order valence-electron chi connectivity index (χ1n) is 6.15. The fraction of sp³-hybridized carbons (Fsp3) is 0.500. The van der Waals surface area contributed by atoms with Gasteiger partial charge >= 0.3 is 5.97 Å². The van der Waals surface area contributed by atoms with Crippen molar-refractivity contribution in [3.63, 3.8) is 0 Å². The Morgan fingerprint density at radius 1 is 1.37 bits per heavy atom. The minimum absolute atomic E-state index is 0.0959. The first-order chi connectivity index (χ1) is 8.86. The number of hydrogen-bond acceptors (Lipinski definition) is 3. The second-order valence-corrected chi connectivity index (χ2v) is 5.65. The van der Waals surface area contributed by atoms with Gasteiger partial charge in [-0.15, -0.1) is 0 Å². The van der Waals surface area contributed by atoms with Crippen molar-refractivity contribution in [1.29, 1.82) is 0 Å². The van der Waals surface area contributed by atoms with Crippen LogP contribution in [0.1, 0.15) is 32.4 Å². The molecule has 1 N–H and O–H groups in total. The maximum Gasteiger partial charge on any atom is 0.323 e. The van der Waals surface area contributed by atoms with Crippen LogP contribution in [-0.4, -0.2) is 19.1 Å². The number of hydrogen-bond donors (Lipinski definition) is 1. The summed E-state index contributed by atoms with van der Waals surface area (Å²) in [4.78, 5) is 11.7. The molecular weight excluding hydrogens is 313 g/mol. The molecule has 0 aliphatic heterocycles. The summed E-state index contributed by atoms with van der Waals surface area (Å²) in [5.41, 5.74) is 0.899. The number of rotatable bonds is 5. The third kappa shape index (κ3) is 4.28. The molecule has 2 atom stereocenters. The van der Waals surface area contributed by atoms with Crippen molar-refractivity contribution in [2.75, 3.05) is 7.11 Å². The number of methoxy groups -OCH3 is 1. The van der Waals surface area contributed by atoms with Crippen molar-refractivity contribution in [2.24, 2.45) is 5.92 Å². The van der Waals surface area contributed by atoms with Gasteiger partial charge in [0.1, 0.15) is 11.9 Å². The maximum atomic E-state index is 13.1. The Labute approximate surface area is 121 Å². The largest absolute Gasteiger partial charge is 0.468 e. The number of nitrogens with one attached hydrogen (secondary N) is 1. The summed E-state index contributed by atoms with van der Waals surface area (Å²) in [5.74, 6) is -0.481. The fourth-order valence-corrected chi connectivity index (χ4v) is 2.57. The van der Waals surface area contributed by atoms with Crippen LogP contribution in [0.5, 0.6) is 0 Å². The molecule has 3 nitrogen and oxygen atoms in total. The van der Waals surface area contributed by atoms with E-state index in [2.05, 4.69) is 21.2 Å². The van der Waals surface area contributed by atoms with E-state index in [4.69, 9.17) is 4.74 Å². The lowest BCUT2D eigenvalue weighted by Gasteiger charge is -2.25. The predicted molar refractivity (Wildman–Crippen MR) is 76.3 cm³/mol. The lowest BCUT2D eigenvalue weighted by Crippen LogP contribution is -2.43. The summed E-state index contributed by atoms with van der Waals surface area (Å²) in [5, 5.41) is 3.22. The Balaban J connectivity index is 2.87. The van der Waals surface area contributed by atoms with Crippen LogP contribution in [0.25, 0.3) is 0 Å². The van der Waals surface area contributed by atoms with Gasteiger partial charge in [0.2, 0.25) is 0 Å². The van der Waals surface area contributed by atoms with E-state index >= 15 is 0 Å². The van der Waals surface area contributed by atoms with Crippen molar-refractivity contribution < 1.29 is 13.9 Å². The third-order valence-electron chi connectivity index (χ3n) is 2.98. The van der Waals surface area contributed by atoms with Crippen LogP contribution in [0.15, 0.2) is 22.7 Å². The topological polar surface area (TPSA) is 38.3 Å². The van der Waals surface area contributed by atoms with Gasteiger partial charge in [0.05, 0.1) is 7.11 Å². The van der Waals surface area contributed by atoms with E-state index in [0.717, 1.165) is 5.56 Å². The summed E-state index contributed by atoms with van der Waals surface area (Å²) >= 11 is 3.33. The smallest absolute Gasteiger partial charge is 0.323 e. The molecule has 19 heavy (non-hydrogen) atoms. The van der Waals surface area contributed by atoms with Crippen LogP contribution < -0.4 is 5.32 Å². The quantitative estimate of drug-likeness (QED) is 0.840. The van der Waals surface area contributed by atoms with Crippen LogP contribution >= 0.6 is 15.9 Å². The first-order valence-corrected chi connectivity index (χ1v) is 6.95. The molecule has 0 aliphatic carbocycles. The second-order valence-electron chi connectivity index (χ2n) is 4.80. The van der Waals surface area contributed by atoms with Crippen molar-refractivity contribution in [3.05, 3.63) is 34.1 Å². The average molecular weight is 332 g/mol. The van der Waals surface area contributed by atoms with E-state index in [0.29, 0.717) is 4.47 Å². The average Bonchev–Trinajstić information content (AvgIpc) is 2.34. The molecule has 1 aromatic carbocycles. The molecule has 0 spiro atoms. The molecule has 2 unspecified atom stereocenters. The van der Waals surface area contributed by atoms with Gasteiger partial charge in [-0.2, -0.15) is 0 Å². The molecule has 0 fully saturated rings. The van der Waals surface area contributed by atoms with Crippen molar-refractivity contribution >= 4 is 21.9 Å². The Bertz CT molecular complexity index is 451. The van der Waals surface area contributed by atoms with Gasteiger partial charge in [0, 0.05) is 10.5 Å². The molecule has 0 bridgehead atoms. The number of benzene rings is 1. The summed E-state index contributed by atoms with van der Waals surface area (Å²) in [7, 11) is 1.37. The summed E-state index contributed by atoms with van der Waals surface area (Å²) in [6.45, 7) is 5.82. The predicted octanol–water partition coefficient (Wildman–Crippen LogP) is 3.44. The lowest BCUT2D eigenvalue weighted by atomic mass is 10.0. The monoisotopic (exact) mass is 331 g/mol. The molecule has 0 amide bonds. The molecule has 106 valence electrons. The number of carbonyl (C=O) groups is 1. The summed E-state index contributed by atoms with van der Waals surface area (Å²) < 4.78 is 18.5. The summed E-state index contributed by atoms with van der Waals surface area (Å²) in [6.07, 6.45) is 0. The molecular formula is C14H19BrFNO2. The Hall–Kier alpha value is -0.940. The first kappa shape index (κ1) is 16.1. The van der Waals surface area contributed by atoms with Gasteiger partial charge < -0.3 is 4.74 Å². The van der Waals surface area contributed by atoms with E-state index in [1.165, 1.54) is 19.2 Å². The maximum absolute atomic E-state index is 13.1. The Kier molecular flexibility index (Phi) is 5.94. The fourth-order valence-electron chi connectivity index (χ4n) is 1.87. The normalized spacial score (nSPS) is 14.3. The highest BCUT2D eigenvalue weighted by Gasteiger charge is 2.25. The molecule has 0 heterocycles. The minimum atomic E-state index is -0.392. The molecule has 0 aliphatic rings. The zero-order valence-electron chi connectivity index (χ0n) is 11.5. The highest BCUT2D eigenvalue weighted by Crippen LogP contribution is 2.25. The summed E-state index contributed by atoms with van der Waals surface area (Å²) in [6, 6.07) is 4.03. The molecule has 0 aromatic heterocycles. The molecule has 5 heteroatoms. The van der Waals surface area contributed by atoms with Crippen LogP contribution in [0.4, 0.5) is 4.39 Å². The highest BCUT2D eigenvalue weighted by molar-refractivity contribution is 9.10. The molecule has 1 rings (SSSR count). The number of halogens is 2. The SMILES string of the molecule is COC(=O)C(NC(C)c1ccc(F)cc1Br)C(C)C. The van der Waals surface area contributed by atoms with Crippen molar-refractivity contribution in [3.8, 4) is 0 Å². The Morgan fingerprint density at radius 2 is 2.00 bits per heavy atom. The van der Waals surface area contributed by atoms with Gasteiger partial charge in [0.15, 0.2) is 0 Å². The van der Waals surface area contributed by atoms with Crippen LogP contribution in [0.2, 0.25) is 0 Å². The lowest BCUT2D eigenvalue weighted by molar-refractivity contribution is -0.144. The second kappa shape index (κ2) is 7.01. The number of carbonyl (C=O) groups excluding carboxylic acids is 1. The Morgan fingerprint density at radius 3 is 2.47 bits per heavy atom. The molecule has 0 radical (unpaired) electrons. The van der Waals surface area contributed by atoms with Gasteiger partial charge in [-0.3, -0.25) is 10.1 Å². The van der Waals surface area contributed by atoms with E-state index in [1.807, 2.05) is 20.8 Å². The van der Waals surface area contributed by atoms with E-state index < -0.39 is 6.04 Å². The van der Waals surface area contributed by atoms with Crippen LogP contribution in [-0.2, 0) is 9.53 Å². The number of esters is 1. The van der Waals surface area contributed by atoms with E-state index in [-0.39, 0.29) is 23.7 Å². The minimum Gasteiger partial charge on any atom is -0.468 e. The zero-order chi connectivity index (χ0) is 14.6. The van der Waals surface area contributed by atoms with Crippen LogP contribution in [0.3, 0.4) is 0 Å². The number of ether oxygens (including phenoxy) is 1. The highest BCUT2D eigenvalue weighted by atomic mass is 79.9. The zero-order valence-corrected chi connectivity index (χ0v) is 13.1. The van der Waals surface area contributed by atoms with Gasteiger partial charge in [-0.05, 0) is 30.5 Å². The molecule has 1 aromatic rings. The van der Waals surface area contributed by atoms with E-state index in [1.54, 1.807) is 6.07 Å². The van der Waals surface area contributed by atoms with Crippen molar-refractivity contribution in [2.45, 2.75) is 32.9 Å². The van der Waals surface area contributed by atoms with E-state index in [9.17, 15) is 9.18 Å². The van der Waals surface area contributed by atoms with Gasteiger partial charge in [0.25, 0.3) is 0 Å². The van der Waals surface area contributed by atoms with Crippen molar-refractivity contribution in [1.82, 2.24) is 5.32 Å². The molecule has 0 saturated heterocycles. The van der Waals surface area contributed by atoms with Crippen LogP contribution in [0, 0.1) is 11.7 Å². The molecule has 0 saturated carbocycles. The third-order valence-corrected chi connectivity index (χ3v) is 3.67. The van der Waals surface area contributed by atoms with Gasteiger partial charge in [-0.25, -0.2) is 4.39 Å².